The van der Waals surface area contributed by atoms with Crippen LogP contribution in [0.4, 0.5) is 0 Å². The molecule has 0 amide bonds. The zero-order chi connectivity index (χ0) is 6.78. The van der Waals surface area contributed by atoms with Gasteiger partial charge in [-0.25, -0.2) is 0 Å². The fourth-order valence-electron chi connectivity index (χ4n) is 0.530. The van der Waals surface area contributed by atoms with Crippen molar-refractivity contribution in [2.45, 2.75) is 25.3 Å². The minimum atomic E-state index is -0.772. The SMILES string of the molecule is C[Si](C)(C)C[Si]([Si])[Si]. The van der Waals surface area contributed by atoms with Gasteiger partial charge in [-0.2, -0.15) is 0 Å². The van der Waals surface area contributed by atoms with Gasteiger partial charge >= 0.3 is 0 Å². The summed E-state index contributed by atoms with van der Waals surface area (Å²) in [5, 5.41) is 0. The maximum Gasteiger partial charge on any atom is 0.0409 e. The Kier molecular flexibility index (Phi) is 3.48. The molecule has 0 fully saturated rings. The van der Waals surface area contributed by atoms with Gasteiger partial charge < -0.3 is 0 Å². The summed E-state index contributed by atoms with van der Waals surface area (Å²) in [5.41, 5.74) is 1.39. The molecule has 0 aliphatic rings. The third kappa shape index (κ3) is 6.87. The van der Waals surface area contributed by atoms with Crippen LogP contribution < -0.4 is 0 Å². The summed E-state index contributed by atoms with van der Waals surface area (Å²) in [6.07, 6.45) is 0. The highest BCUT2D eigenvalue weighted by Gasteiger charge is 2.14. The van der Waals surface area contributed by atoms with Gasteiger partial charge in [-0.3, -0.25) is 0 Å². The third-order valence-corrected chi connectivity index (χ3v) is 9.55. The van der Waals surface area contributed by atoms with E-state index in [0.717, 1.165) is 0 Å². The average molecular weight is 171 g/mol. The molecular formula is C4H11Si4. The Balaban J connectivity index is 3.39. The minimum Gasteiger partial charge on any atom is -0.0698 e. The van der Waals surface area contributed by atoms with Crippen LogP contribution in [-0.2, 0) is 0 Å². The van der Waals surface area contributed by atoms with Gasteiger partial charge in [0.1, 0.15) is 0 Å². The van der Waals surface area contributed by atoms with Crippen LogP contribution in [-0.4, -0.2) is 35.4 Å². The van der Waals surface area contributed by atoms with E-state index in [9.17, 15) is 0 Å². The molecule has 0 saturated carbocycles. The van der Waals surface area contributed by atoms with Crippen LogP contribution in [0.1, 0.15) is 0 Å². The molecule has 43 valence electrons. The summed E-state index contributed by atoms with van der Waals surface area (Å²) >= 11 is 0. The van der Waals surface area contributed by atoms with E-state index in [1.165, 1.54) is 5.67 Å². The molecule has 8 heavy (non-hydrogen) atoms. The van der Waals surface area contributed by atoms with E-state index in [2.05, 4.69) is 39.2 Å². The number of hydrogen-bond donors (Lipinski definition) is 0. The molecule has 7 radical (unpaired) electrons. The maximum atomic E-state index is 3.61. The minimum absolute atomic E-state index is 0.319. The zero-order valence-corrected chi connectivity index (χ0v) is 9.71. The lowest BCUT2D eigenvalue weighted by atomic mass is 11.8. The van der Waals surface area contributed by atoms with E-state index in [1.54, 1.807) is 0 Å². The summed E-state index contributed by atoms with van der Waals surface area (Å²) in [6.45, 7) is 7.16. The van der Waals surface area contributed by atoms with Crippen molar-refractivity contribution in [1.82, 2.24) is 0 Å². The summed E-state index contributed by atoms with van der Waals surface area (Å²) in [7, 11) is 6.12. The highest BCUT2D eigenvalue weighted by Crippen LogP contribution is 2.06. The van der Waals surface area contributed by atoms with Crippen molar-refractivity contribution >= 4 is 35.4 Å². The lowest BCUT2D eigenvalue weighted by Crippen LogP contribution is -2.30. The Bertz CT molecular complexity index is 62.9. The second-order valence-electron chi connectivity index (χ2n) is 3.22. The van der Waals surface area contributed by atoms with Crippen molar-refractivity contribution in [2.75, 3.05) is 0 Å². The predicted molar refractivity (Wildman–Crippen MR) is 45.4 cm³/mol. The zero-order valence-electron chi connectivity index (χ0n) is 5.71. The Morgan fingerprint density at radius 2 is 1.62 bits per heavy atom. The fourth-order valence-corrected chi connectivity index (χ4v) is 14.3. The second-order valence-corrected chi connectivity index (χ2v) is 15.8. The van der Waals surface area contributed by atoms with Gasteiger partial charge in [0.15, 0.2) is 0 Å². The Morgan fingerprint density at radius 1 is 1.25 bits per heavy atom. The first-order chi connectivity index (χ1) is 3.42. The summed E-state index contributed by atoms with van der Waals surface area (Å²) < 4.78 is 0. The molecule has 0 bridgehead atoms. The molecule has 0 aromatic rings. The largest absolute Gasteiger partial charge is 0.0698 e. The van der Waals surface area contributed by atoms with Gasteiger partial charge in [0.2, 0.25) is 0 Å². The van der Waals surface area contributed by atoms with Crippen molar-refractivity contribution in [3.8, 4) is 0 Å². The molecule has 0 aromatic heterocycles. The normalized spacial score (nSPS) is 12.8. The molecule has 0 nitrogen and oxygen atoms in total. The maximum absolute atomic E-state index is 3.61. The predicted octanol–water partition coefficient (Wildman–Crippen LogP) is 0.689. The molecule has 0 unspecified atom stereocenters. The van der Waals surface area contributed by atoms with Crippen molar-refractivity contribution in [3.05, 3.63) is 0 Å². The van der Waals surface area contributed by atoms with Gasteiger partial charge in [-0.1, -0.05) is 25.3 Å². The number of hydrogen-bond acceptors (Lipinski definition) is 0. The van der Waals surface area contributed by atoms with E-state index >= 15 is 0 Å². The lowest BCUT2D eigenvalue weighted by molar-refractivity contribution is 1.64. The van der Waals surface area contributed by atoms with Crippen LogP contribution in [0.3, 0.4) is 0 Å². The number of rotatable bonds is 2. The van der Waals surface area contributed by atoms with Gasteiger partial charge in [0.25, 0.3) is 0 Å². The molecule has 4 heteroatoms. The van der Waals surface area contributed by atoms with Crippen LogP contribution in [0, 0.1) is 0 Å². The summed E-state index contributed by atoms with van der Waals surface area (Å²) in [6, 6.07) is 0. The van der Waals surface area contributed by atoms with Crippen molar-refractivity contribution in [1.29, 1.82) is 0 Å². The topological polar surface area (TPSA) is 0 Å². The van der Waals surface area contributed by atoms with Gasteiger partial charge in [-0.15, -0.1) is 0 Å². The quantitative estimate of drug-likeness (QED) is 0.537. The summed E-state index contributed by atoms with van der Waals surface area (Å²) in [5.74, 6) is 0. The first-order valence-corrected chi connectivity index (χ1v) is 11.1. The lowest BCUT2D eigenvalue weighted by Gasteiger charge is -2.16. The molecule has 0 atom stereocenters. The van der Waals surface area contributed by atoms with Crippen LogP contribution in [0.5, 0.6) is 0 Å². The van der Waals surface area contributed by atoms with Crippen molar-refractivity contribution in [2.24, 2.45) is 0 Å². The monoisotopic (exact) mass is 171 g/mol. The molecule has 0 rings (SSSR count). The standard InChI is InChI=1S/C4H11Si4/c1-8(2,3)4-7(5)6/h4H2,1-3H3. The highest BCUT2D eigenvalue weighted by molar-refractivity contribution is 7.32. The Morgan fingerprint density at radius 3 is 1.62 bits per heavy atom. The van der Waals surface area contributed by atoms with Crippen LogP contribution in [0.2, 0.25) is 25.3 Å². The van der Waals surface area contributed by atoms with E-state index in [1.807, 2.05) is 0 Å². The first-order valence-electron chi connectivity index (χ1n) is 2.71. The Labute approximate surface area is 61.1 Å². The van der Waals surface area contributed by atoms with Gasteiger partial charge in [0.05, 0.1) is 0 Å². The molecule has 0 N–H and O–H groups in total. The highest BCUT2D eigenvalue weighted by atomic mass is 29.5. The van der Waals surface area contributed by atoms with E-state index < -0.39 is 8.07 Å². The molecular weight excluding hydrogens is 160 g/mol. The Hall–Kier alpha value is 0.868. The third-order valence-electron chi connectivity index (χ3n) is 0.707. The average Bonchev–Trinajstić information content (AvgIpc) is 1.21. The molecule has 0 spiro atoms. The fraction of sp³-hybridized carbons (Fsp3) is 1.00. The molecule has 0 aromatic carbocycles. The first kappa shape index (κ1) is 8.87. The van der Waals surface area contributed by atoms with Crippen LogP contribution >= 0.6 is 0 Å². The van der Waals surface area contributed by atoms with Gasteiger partial charge in [-0.05, 0) is 0 Å². The molecule has 0 saturated heterocycles. The van der Waals surface area contributed by atoms with Crippen LogP contribution in [0.15, 0.2) is 0 Å². The smallest absolute Gasteiger partial charge is 0.0409 e. The molecule has 0 aliphatic carbocycles. The molecule has 0 heterocycles. The van der Waals surface area contributed by atoms with Gasteiger partial charge in [0, 0.05) is 35.4 Å². The molecule has 0 aliphatic heterocycles. The summed E-state index contributed by atoms with van der Waals surface area (Å²) in [4.78, 5) is 0. The van der Waals surface area contributed by atoms with E-state index in [4.69, 9.17) is 0 Å². The van der Waals surface area contributed by atoms with E-state index in [0.29, 0.717) is 0 Å². The van der Waals surface area contributed by atoms with Crippen molar-refractivity contribution < 1.29 is 0 Å². The van der Waals surface area contributed by atoms with Crippen LogP contribution in [0.25, 0.3) is 0 Å². The van der Waals surface area contributed by atoms with E-state index in [-0.39, 0.29) is 7.83 Å². The second kappa shape index (κ2) is 3.14. The van der Waals surface area contributed by atoms with Crippen molar-refractivity contribution in [3.63, 3.8) is 0 Å².